The lowest BCUT2D eigenvalue weighted by molar-refractivity contribution is 0.669. The lowest BCUT2D eigenvalue weighted by atomic mass is 9.85. The number of furan rings is 1. The first-order valence-electron chi connectivity index (χ1n) is 21.6. The number of hydrogen-bond donors (Lipinski definition) is 0. The summed E-state index contributed by atoms with van der Waals surface area (Å²) in [6.45, 7) is 0. The van der Waals surface area contributed by atoms with E-state index in [4.69, 9.17) is 11.3 Å². The van der Waals surface area contributed by atoms with Gasteiger partial charge < -0.3 is 4.42 Å². The van der Waals surface area contributed by atoms with E-state index in [2.05, 4.69) is 0 Å². The molecule has 0 spiro atoms. The smallest absolute Gasteiger partial charge is 0.136 e. The molecule has 1 heterocycles. The topological polar surface area (TPSA) is 13.1 Å². The molecular formula is C46H28O. The van der Waals surface area contributed by atoms with Crippen LogP contribution in [0.25, 0.3) is 98.4 Å². The molecule has 0 bridgehead atoms. The van der Waals surface area contributed by atoms with Crippen molar-refractivity contribution in [1.82, 2.24) is 0 Å². The van der Waals surface area contributed by atoms with E-state index in [-0.39, 0.29) is 85.7 Å². The zero-order chi connectivity index (χ0) is 42.2. The number of benzene rings is 9. The van der Waals surface area contributed by atoms with Crippen LogP contribution in [0.4, 0.5) is 0 Å². The third-order valence-corrected chi connectivity index (χ3v) is 8.75. The summed E-state index contributed by atoms with van der Waals surface area (Å²) in [5.41, 5.74) is 1.11. The van der Waals surface area contributed by atoms with Crippen molar-refractivity contribution in [2.75, 3.05) is 0 Å². The van der Waals surface area contributed by atoms with Crippen LogP contribution in [0.2, 0.25) is 0 Å². The van der Waals surface area contributed by atoms with Gasteiger partial charge in [-0.2, -0.15) is 0 Å². The molecule has 1 aromatic heterocycles. The van der Waals surface area contributed by atoms with E-state index < -0.39 is 42.3 Å². The van der Waals surface area contributed by atoms with Gasteiger partial charge in [0.2, 0.25) is 0 Å². The minimum atomic E-state index is -0.586. The minimum Gasteiger partial charge on any atom is -0.456 e. The average Bonchev–Trinajstić information content (AvgIpc) is 3.67. The van der Waals surface area contributed by atoms with E-state index in [0.29, 0.717) is 38.2 Å². The molecule has 1 heteroatoms. The summed E-state index contributed by atoms with van der Waals surface area (Å²) in [5, 5.41) is 3.06. The molecule has 0 radical (unpaired) electrons. The van der Waals surface area contributed by atoms with Gasteiger partial charge in [0, 0.05) is 10.8 Å². The van der Waals surface area contributed by atoms with Crippen LogP contribution in [-0.2, 0) is 0 Å². The highest BCUT2D eigenvalue weighted by atomic mass is 16.3. The quantitative estimate of drug-likeness (QED) is 0.182. The van der Waals surface area contributed by atoms with Crippen LogP contribution in [0.3, 0.4) is 0 Å². The Balaban J connectivity index is 1.32. The Morgan fingerprint density at radius 1 is 0.362 bits per heavy atom. The molecule has 10 rings (SSSR count). The van der Waals surface area contributed by atoms with Gasteiger partial charge in [-0.1, -0.05) is 145 Å². The van der Waals surface area contributed by atoms with Crippen LogP contribution in [-0.4, -0.2) is 0 Å². The Labute approximate surface area is 290 Å². The van der Waals surface area contributed by atoms with E-state index in [9.17, 15) is 11.0 Å². The SMILES string of the molecule is [2H]c1c([2H])c(-c2c3ccccc3c(-c3c([2H])c([2H])c4oc5c([2H])c6c([2H])c([2H])c([2H])c([2H])c6c([2H])c5c4c3[2H])c3ccccc23)c([2H])c([2H])c1-c1cccc2ccccc12. The van der Waals surface area contributed by atoms with Crippen LogP contribution >= 0.6 is 0 Å². The second-order valence-corrected chi connectivity index (χ2v) is 11.4. The minimum absolute atomic E-state index is 0.000926. The van der Waals surface area contributed by atoms with E-state index in [1.165, 1.54) is 0 Å². The molecule has 10 aromatic rings. The molecule has 0 aliphatic heterocycles. The van der Waals surface area contributed by atoms with E-state index in [1.54, 1.807) is 54.6 Å². The molecule has 0 N–H and O–H groups in total. The maximum atomic E-state index is 9.75. The van der Waals surface area contributed by atoms with Gasteiger partial charge in [-0.25, -0.2) is 0 Å². The number of rotatable bonds is 3. The monoisotopic (exact) mass is 609 g/mol. The Bertz CT molecular complexity index is 3500. The Morgan fingerprint density at radius 2 is 0.894 bits per heavy atom. The Hall–Kier alpha value is -6.18. The van der Waals surface area contributed by atoms with Crippen molar-refractivity contribution in [3.63, 3.8) is 0 Å². The average molecular weight is 610 g/mol. The first kappa shape index (κ1) is 16.4. The summed E-state index contributed by atoms with van der Waals surface area (Å²) in [7, 11) is 0. The predicted octanol–water partition coefficient (Wildman–Crippen LogP) is 13.2. The van der Waals surface area contributed by atoms with Crippen LogP contribution < -0.4 is 0 Å². The third-order valence-electron chi connectivity index (χ3n) is 8.75. The normalized spacial score (nSPS) is 15.7. The van der Waals surface area contributed by atoms with Crippen molar-refractivity contribution in [3.8, 4) is 33.4 Å². The highest BCUT2D eigenvalue weighted by molar-refractivity contribution is 6.22. The summed E-state index contributed by atoms with van der Waals surface area (Å²) >= 11 is 0. The summed E-state index contributed by atoms with van der Waals surface area (Å²) in [4.78, 5) is 0. The molecule has 0 aliphatic rings. The first-order chi connectivity index (χ1) is 28.8. The highest BCUT2D eigenvalue weighted by Crippen LogP contribution is 2.45. The molecular weight excluding hydrogens is 569 g/mol. The van der Waals surface area contributed by atoms with Crippen LogP contribution in [0.15, 0.2) is 174 Å². The van der Waals surface area contributed by atoms with E-state index in [0.717, 1.165) is 10.8 Å². The summed E-state index contributed by atoms with van der Waals surface area (Å²) in [6, 6.07) is 22.2. The van der Waals surface area contributed by atoms with Crippen molar-refractivity contribution in [3.05, 3.63) is 170 Å². The highest BCUT2D eigenvalue weighted by Gasteiger charge is 2.18. The Morgan fingerprint density at radius 3 is 1.60 bits per heavy atom. The molecule has 0 fully saturated rings. The van der Waals surface area contributed by atoms with Crippen molar-refractivity contribution in [1.29, 1.82) is 0 Å². The fraction of sp³-hybridized carbons (Fsp3) is 0. The molecule has 0 atom stereocenters. The van der Waals surface area contributed by atoms with Gasteiger partial charge in [0.05, 0.1) is 17.8 Å². The van der Waals surface area contributed by atoms with Crippen molar-refractivity contribution in [2.45, 2.75) is 0 Å². The number of fused-ring (bicyclic) bond motifs is 7. The zero-order valence-electron chi connectivity index (χ0n) is 37.6. The Kier molecular flexibility index (Phi) is 3.55. The largest absolute Gasteiger partial charge is 0.456 e. The van der Waals surface area contributed by atoms with Crippen molar-refractivity contribution in [2.24, 2.45) is 0 Å². The van der Waals surface area contributed by atoms with E-state index in [1.807, 2.05) is 36.4 Å². The molecule has 9 aromatic carbocycles. The molecule has 47 heavy (non-hydrogen) atoms. The van der Waals surface area contributed by atoms with Gasteiger partial charge in [0.1, 0.15) is 11.2 Å². The van der Waals surface area contributed by atoms with Gasteiger partial charge in [0.25, 0.3) is 0 Å². The molecule has 0 saturated carbocycles. The van der Waals surface area contributed by atoms with Crippen molar-refractivity contribution >= 4 is 65.0 Å². The van der Waals surface area contributed by atoms with E-state index >= 15 is 0 Å². The summed E-state index contributed by atoms with van der Waals surface area (Å²) in [6.07, 6.45) is 0. The van der Waals surface area contributed by atoms with Crippen LogP contribution in [0.1, 0.15) is 17.8 Å². The second kappa shape index (κ2) is 10.2. The van der Waals surface area contributed by atoms with Crippen LogP contribution in [0.5, 0.6) is 0 Å². The molecule has 0 aliphatic carbocycles. The molecule has 218 valence electrons. The fourth-order valence-corrected chi connectivity index (χ4v) is 6.67. The predicted molar refractivity (Wildman–Crippen MR) is 200 cm³/mol. The fourth-order valence-electron chi connectivity index (χ4n) is 6.67. The molecule has 1 nitrogen and oxygen atoms in total. The van der Waals surface area contributed by atoms with Gasteiger partial charge >= 0.3 is 0 Å². The van der Waals surface area contributed by atoms with Crippen molar-refractivity contribution < 1.29 is 22.2 Å². The van der Waals surface area contributed by atoms with Crippen LogP contribution in [0, 0.1) is 0 Å². The van der Waals surface area contributed by atoms with Gasteiger partial charge in [-0.15, -0.1) is 0 Å². The van der Waals surface area contributed by atoms with Gasteiger partial charge in [-0.05, 0) is 101 Å². The molecule has 0 amide bonds. The maximum Gasteiger partial charge on any atom is 0.136 e. The van der Waals surface area contributed by atoms with Gasteiger partial charge in [-0.3, -0.25) is 0 Å². The molecule has 0 unspecified atom stereocenters. The first-order valence-corrected chi connectivity index (χ1v) is 15.1. The second-order valence-electron chi connectivity index (χ2n) is 11.4. The summed E-state index contributed by atoms with van der Waals surface area (Å²) < 4.78 is 124. The third kappa shape index (κ3) is 4.03. The molecule has 0 saturated heterocycles. The lowest BCUT2D eigenvalue weighted by Gasteiger charge is -2.18. The lowest BCUT2D eigenvalue weighted by Crippen LogP contribution is -1.91. The standard InChI is InChI=1S/C46H28O/c1-2-12-33-28-44-42(26-32(33)11-1)41-27-34(24-25-43(41)47-44)46-39-17-7-5-15-37(39)45(38-16-6-8-18-40(38)46)31-22-20-30(21-23-31)36-19-9-13-29-10-3-4-14-35(29)36/h1-28H/i1D,2D,11D,12D,20D,21D,22D,23D,24D,25D,26D,27D,28D. The summed E-state index contributed by atoms with van der Waals surface area (Å²) in [5.74, 6) is 0. The van der Waals surface area contributed by atoms with Gasteiger partial charge in [0.15, 0.2) is 0 Å². The number of hydrogen-bond acceptors (Lipinski definition) is 1. The maximum absolute atomic E-state index is 9.75. The zero-order valence-corrected chi connectivity index (χ0v) is 24.6.